The van der Waals surface area contributed by atoms with Crippen LogP contribution >= 0.6 is 0 Å². The molecule has 2 aliphatic heterocycles. The Morgan fingerprint density at radius 3 is 2.59 bits per heavy atom. The summed E-state index contributed by atoms with van der Waals surface area (Å²) < 4.78 is 0. The highest BCUT2D eigenvalue weighted by atomic mass is 16.3. The van der Waals surface area contributed by atoms with Gasteiger partial charge in [-0.2, -0.15) is 5.26 Å². The predicted octanol–water partition coefficient (Wildman–Crippen LogP) is 2.01. The zero-order valence-corrected chi connectivity index (χ0v) is 16.9. The number of nitrogens with zero attached hydrogens (tertiary/aromatic N) is 5. The van der Waals surface area contributed by atoms with Crippen LogP contribution in [0, 0.1) is 18.3 Å². The van der Waals surface area contributed by atoms with Crippen LogP contribution in [0.2, 0.25) is 0 Å². The Bertz CT molecular complexity index is 663. The highest BCUT2D eigenvalue weighted by molar-refractivity contribution is 5.54. The molecule has 148 valence electrons. The van der Waals surface area contributed by atoms with Gasteiger partial charge >= 0.3 is 0 Å². The van der Waals surface area contributed by atoms with Crippen LogP contribution in [-0.2, 0) is 0 Å². The minimum Gasteiger partial charge on any atom is -0.396 e. The maximum absolute atomic E-state index is 9.63. The molecule has 2 fully saturated rings. The number of anilines is 1. The summed E-state index contributed by atoms with van der Waals surface area (Å²) in [6, 6.07) is 7.58. The number of pyridine rings is 1. The van der Waals surface area contributed by atoms with Crippen molar-refractivity contribution in [3.63, 3.8) is 0 Å². The minimum absolute atomic E-state index is 0.201. The van der Waals surface area contributed by atoms with Gasteiger partial charge in [-0.3, -0.25) is 4.90 Å². The van der Waals surface area contributed by atoms with Crippen molar-refractivity contribution in [2.24, 2.45) is 0 Å². The Morgan fingerprint density at radius 2 is 1.96 bits per heavy atom. The maximum Gasteiger partial charge on any atom is 0.146 e. The zero-order valence-electron chi connectivity index (χ0n) is 16.9. The number of aliphatic hydroxyl groups excluding tert-OH is 1. The van der Waals surface area contributed by atoms with Crippen molar-refractivity contribution in [2.75, 3.05) is 44.2 Å². The molecular formula is C21H33N5O. The molecule has 0 unspecified atom stereocenters. The first-order valence-electron chi connectivity index (χ1n) is 10.3. The summed E-state index contributed by atoms with van der Waals surface area (Å²) in [4.78, 5) is 12.1. The van der Waals surface area contributed by atoms with Gasteiger partial charge in [0, 0.05) is 50.1 Å². The van der Waals surface area contributed by atoms with Gasteiger partial charge in [0.15, 0.2) is 0 Å². The van der Waals surface area contributed by atoms with Crippen LogP contribution in [0.5, 0.6) is 0 Å². The number of piperidine rings is 1. The molecule has 1 aromatic heterocycles. The molecule has 0 aliphatic carbocycles. The molecule has 0 radical (unpaired) electrons. The van der Waals surface area contributed by atoms with E-state index in [1.807, 2.05) is 19.1 Å². The lowest BCUT2D eigenvalue weighted by Gasteiger charge is -2.48. The minimum atomic E-state index is 0.201. The van der Waals surface area contributed by atoms with E-state index >= 15 is 0 Å². The van der Waals surface area contributed by atoms with Gasteiger partial charge in [0.1, 0.15) is 11.9 Å². The summed E-state index contributed by atoms with van der Waals surface area (Å²) in [6.45, 7) is 11.7. The fourth-order valence-corrected chi connectivity index (χ4v) is 4.55. The van der Waals surface area contributed by atoms with Crippen LogP contribution in [0.3, 0.4) is 0 Å². The third kappa shape index (κ3) is 4.60. The molecule has 6 heteroatoms. The third-order valence-corrected chi connectivity index (χ3v) is 6.12. The first-order valence-corrected chi connectivity index (χ1v) is 10.3. The highest BCUT2D eigenvalue weighted by Gasteiger charge is 2.34. The van der Waals surface area contributed by atoms with Crippen molar-refractivity contribution in [1.82, 2.24) is 14.8 Å². The average Bonchev–Trinajstić information content (AvgIpc) is 2.68. The lowest BCUT2D eigenvalue weighted by molar-refractivity contribution is 0.0462. The van der Waals surface area contributed by atoms with Gasteiger partial charge in [0.25, 0.3) is 0 Å². The summed E-state index contributed by atoms with van der Waals surface area (Å²) in [7, 11) is 0. The Kier molecular flexibility index (Phi) is 6.69. The van der Waals surface area contributed by atoms with E-state index in [-0.39, 0.29) is 6.61 Å². The van der Waals surface area contributed by atoms with Crippen LogP contribution in [-0.4, -0.2) is 77.3 Å². The molecule has 0 amide bonds. The largest absolute Gasteiger partial charge is 0.396 e. The Morgan fingerprint density at radius 1 is 1.22 bits per heavy atom. The molecule has 0 bridgehead atoms. The number of rotatable bonds is 5. The van der Waals surface area contributed by atoms with Gasteiger partial charge in [-0.15, -0.1) is 0 Å². The predicted molar refractivity (Wildman–Crippen MR) is 108 cm³/mol. The quantitative estimate of drug-likeness (QED) is 0.854. The van der Waals surface area contributed by atoms with Crippen LogP contribution in [0.1, 0.15) is 44.4 Å². The summed E-state index contributed by atoms with van der Waals surface area (Å²) in [6.07, 6.45) is 3.17. The summed E-state index contributed by atoms with van der Waals surface area (Å²) in [5, 5.41) is 19.1. The Hall–Kier alpha value is -1.68. The van der Waals surface area contributed by atoms with Crippen molar-refractivity contribution in [3.05, 3.63) is 23.4 Å². The first-order chi connectivity index (χ1) is 13.0. The smallest absolute Gasteiger partial charge is 0.146 e. The van der Waals surface area contributed by atoms with Crippen LogP contribution < -0.4 is 4.90 Å². The first kappa shape index (κ1) is 20.1. The van der Waals surface area contributed by atoms with Gasteiger partial charge in [-0.05, 0) is 65.3 Å². The van der Waals surface area contributed by atoms with E-state index in [2.05, 4.69) is 39.6 Å². The number of hydrogen-bond acceptors (Lipinski definition) is 6. The van der Waals surface area contributed by atoms with Gasteiger partial charge in [0.2, 0.25) is 0 Å². The molecular weight excluding hydrogens is 338 g/mol. The molecule has 2 aliphatic rings. The number of aromatic nitrogens is 1. The molecule has 0 spiro atoms. The lowest BCUT2D eigenvalue weighted by Crippen LogP contribution is -2.59. The molecule has 6 nitrogen and oxygen atoms in total. The molecule has 0 aromatic carbocycles. The zero-order chi connectivity index (χ0) is 19.4. The molecule has 0 saturated carbocycles. The number of piperazine rings is 1. The van der Waals surface area contributed by atoms with Crippen LogP contribution in [0.15, 0.2) is 12.1 Å². The van der Waals surface area contributed by atoms with E-state index in [1.54, 1.807) is 0 Å². The standard InChI is InChI=1S/C21H33N5O/c1-16(2)24-9-6-19(7-10-24)26-12-11-25(15-20(26)8-13-27)21-18(14-22)5-4-17(3)23-21/h4-5,16,19-20,27H,6-13,15H2,1-3H3/t20-/m0/s1. The summed E-state index contributed by atoms with van der Waals surface area (Å²) in [5.41, 5.74) is 1.58. The normalized spacial score (nSPS) is 23.0. The number of aryl methyl sites for hydroxylation is 1. The van der Waals surface area contributed by atoms with E-state index in [9.17, 15) is 10.4 Å². The second-order valence-corrected chi connectivity index (χ2v) is 8.15. The molecule has 2 saturated heterocycles. The monoisotopic (exact) mass is 371 g/mol. The topological polar surface area (TPSA) is 66.6 Å². The maximum atomic E-state index is 9.63. The molecule has 1 atom stereocenters. The molecule has 3 rings (SSSR count). The van der Waals surface area contributed by atoms with Crippen LogP contribution in [0.25, 0.3) is 0 Å². The summed E-state index contributed by atoms with van der Waals surface area (Å²) >= 11 is 0. The second-order valence-electron chi connectivity index (χ2n) is 8.15. The van der Waals surface area contributed by atoms with Gasteiger partial charge in [-0.1, -0.05) is 0 Å². The number of aliphatic hydroxyl groups is 1. The molecule has 1 aromatic rings. The molecule has 27 heavy (non-hydrogen) atoms. The van der Waals surface area contributed by atoms with E-state index in [1.165, 1.54) is 12.8 Å². The Labute approximate surface area is 163 Å². The van der Waals surface area contributed by atoms with Crippen LogP contribution in [0.4, 0.5) is 5.82 Å². The number of likely N-dealkylation sites (tertiary alicyclic amines) is 1. The Balaban J connectivity index is 1.71. The van der Waals surface area contributed by atoms with E-state index in [4.69, 9.17) is 0 Å². The lowest BCUT2D eigenvalue weighted by atomic mass is 9.97. The fourth-order valence-electron chi connectivity index (χ4n) is 4.55. The van der Waals surface area contributed by atoms with E-state index in [0.717, 1.165) is 50.7 Å². The van der Waals surface area contributed by atoms with Crippen molar-refractivity contribution < 1.29 is 5.11 Å². The number of hydrogen-bond donors (Lipinski definition) is 1. The van der Waals surface area contributed by atoms with E-state index in [0.29, 0.717) is 23.7 Å². The summed E-state index contributed by atoms with van der Waals surface area (Å²) in [5.74, 6) is 0.801. The van der Waals surface area contributed by atoms with Gasteiger partial charge < -0.3 is 14.9 Å². The van der Waals surface area contributed by atoms with Crippen molar-refractivity contribution in [1.29, 1.82) is 5.26 Å². The molecule has 1 N–H and O–H groups in total. The molecule has 3 heterocycles. The van der Waals surface area contributed by atoms with Gasteiger partial charge in [-0.25, -0.2) is 4.98 Å². The van der Waals surface area contributed by atoms with Crippen molar-refractivity contribution >= 4 is 5.82 Å². The van der Waals surface area contributed by atoms with Crippen molar-refractivity contribution in [3.8, 4) is 6.07 Å². The fraction of sp³-hybridized carbons (Fsp3) is 0.714. The van der Waals surface area contributed by atoms with Gasteiger partial charge in [0.05, 0.1) is 5.56 Å². The number of nitriles is 1. The SMILES string of the molecule is Cc1ccc(C#N)c(N2CCN(C3CCN(C(C)C)CC3)[C@@H](CCO)C2)n1. The second kappa shape index (κ2) is 9.01. The third-order valence-electron chi connectivity index (χ3n) is 6.12. The van der Waals surface area contributed by atoms with E-state index < -0.39 is 0 Å². The highest BCUT2D eigenvalue weighted by Crippen LogP contribution is 2.27. The average molecular weight is 372 g/mol. The van der Waals surface area contributed by atoms with Crippen molar-refractivity contribution in [2.45, 2.75) is 58.2 Å².